The molecule has 0 radical (unpaired) electrons. The first-order valence-electron chi connectivity index (χ1n) is 6.87. The minimum absolute atomic E-state index is 0.0563. The standard InChI is InChI=1S/C15H18F3NO/c1-2-19(9-11-4-3-5-11)14-7-6-12(10-20)8-13(14)15(16,17)18/h6-8,10-11H,2-5,9H2,1H3. The Balaban J connectivity index is 2.34. The Labute approximate surface area is 116 Å². The lowest BCUT2D eigenvalue weighted by atomic mass is 9.85. The normalized spacial score (nSPS) is 15.8. The average molecular weight is 285 g/mol. The van der Waals surface area contributed by atoms with E-state index in [1.165, 1.54) is 18.6 Å². The first kappa shape index (κ1) is 14.9. The van der Waals surface area contributed by atoms with Crippen molar-refractivity contribution in [2.75, 3.05) is 18.0 Å². The third-order valence-electron chi connectivity index (χ3n) is 3.89. The summed E-state index contributed by atoms with van der Waals surface area (Å²) in [6, 6.07) is 3.79. The summed E-state index contributed by atoms with van der Waals surface area (Å²) >= 11 is 0. The number of carbonyl (C=O) groups is 1. The van der Waals surface area contributed by atoms with E-state index in [4.69, 9.17) is 0 Å². The molecule has 0 atom stereocenters. The Bertz CT molecular complexity index is 480. The van der Waals surface area contributed by atoms with Crippen LogP contribution in [0.2, 0.25) is 0 Å². The molecule has 0 saturated heterocycles. The third-order valence-corrected chi connectivity index (χ3v) is 3.89. The highest BCUT2D eigenvalue weighted by Gasteiger charge is 2.35. The fraction of sp³-hybridized carbons (Fsp3) is 0.533. The van der Waals surface area contributed by atoms with Gasteiger partial charge >= 0.3 is 6.18 Å². The van der Waals surface area contributed by atoms with E-state index in [1.54, 1.807) is 4.90 Å². The Morgan fingerprint density at radius 2 is 2.05 bits per heavy atom. The van der Waals surface area contributed by atoms with Crippen LogP contribution in [0.3, 0.4) is 0 Å². The molecular weight excluding hydrogens is 267 g/mol. The number of benzene rings is 1. The zero-order valence-corrected chi connectivity index (χ0v) is 11.4. The number of anilines is 1. The summed E-state index contributed by atoms with van der Waals surface area (Å²) in [6.45, 7) is 3.03. The van der Waals surface area contributed by atoms with Crippen molar-refractivity contribution >= 4 is 12.0 Å². The summed E-state index contributed by atoms with van der Waals surface area (Å²) in [4.78, 5) is 12.5. The van der Waals surface area contributed by atoms with E-state index in [0.29, 0.717) is 25.3 Å². The SMILES string of the molecule is CCN(CC1CCC1)c1ccc(C=O)cc1C(F)(F)F. The number of carbonyl (C=O) groups excluding carboxylic acids is 1. The van der Waals surface area contributed by atoms with E-state index in [9.17, 15) is 18.0 Å². The second-order valence-corrected chi connectivity index (χ2v) is 5.23. The predicted molar refractivity (Wildman–Crippen MR) is 72.1 cm³/mol. The van der Waals surface area contributed by atoms with Gasteiger partial charge in [-0.25, -0.2) is 0 Å². The van der Waals surface area contributed by atoms with Crippen molar-refractivity contribution in [1.29, 1.82) is 0 Å². The van der Waals surface area contributed by atoms with Crippen molar-refractivity contribution in [2.24, 2.45) is 5.92 Å². The molecule has 0 heterocycles. The van der Waals surface area contributed by atoms with Gasteiger partial charge in [-0.3, -0.25) is 4.79 Å². The summed E-state index contributed by atoms with van der Waals surface area (Å²) in [5, 5.41) is 0. The van der Waals surface area contributed by atoms with Gasteiger partial charge in [-0.05, 0) is 43.9 Å². The number of aldehydes is 1. The fourth-order valence-corrected chi connectivity index (χ4v) is 2.51. The van der Waals surface area contributed by atoms with Gasteiger partial charge < -0.3 is 4.90 Å². The summed E-state index contributed by atoms with van der Waals surface area (Å²) < 4.78 is 39.5. The van der Waals surface area contributed by atoms with Crippen LogP contribution in [-0.2, 0) is 6.18 Å². The third kappa shape index (κ3) is 3.14. The van der Waals surface area contributed by atoms with E-state index in [0.717, 1.165) is 18.9 Å². The molecule has 2 nitrogen and oxygen atoms in total. The van der Waals surface area contributed by atoms with Gasteiger partial charge in [0.05, 0.1) is 5.56 Å². The van der Waals surface area contributed by atoms with Crippen LogP contribution in [0.15, 0.2) is 18.2 Å². The van der Waals surface area contributed by atoms with E-state index in [2.05, 4.69) is 0 Å². The second-order valence-electron chi connectivity index (χ2n) is 5.23. The molecule has 0 unspecified atom stereocenters. The van der Waals surface area contributed by atoms with Crippen molar-refractivity contribution in [3.63, 3.8) is 0 Å². The van der Waals surface area contributed by atoms with Gasteiger partial charge in [0, 0.05) is 24.3 Å². The smallest absolute Gasteiger partial charge is 0.371 e. The highest BCUT2D eigenvalue weighted by molar-refractivity contribution is 5.77. The van der Waals surface area contributed by atoms with Crippen LogP contribution >= 0.6 is 0 Å². The van der Waals surface area contributed by atoms with Gasteiger partial charge in [0.15, 0.2) is 0 Å². The Morgan fingerprint density at radius 3 is 2.50 bits per heavy atom. The first-order valence-corrected chi connectivity index (χ1v) is 6.87. The van der Waals surface area contributed by atoms with Gasteiger partial charge in [0.1, 0.15) is 6.29 Å². The van der Waals surface area contributed by atoms with E-state index < -0.39 is 11.7 Å². The molecule has 0 aromatic heterocycles. The van der Waals surface area contributed by atoms with Crippen LogP contribution in [0.25, 0.3) is 0 Å². The molecule has 1 fully saturated rings. The Morgan fingerprint density at radius 1 is 1.35 bits per heavy atom. The van der Waals surface area contributed by atoms with Crippen LogP contribution in [0.5, 0.6) is 0 Å². The Kier molecular flexibility index (Phi) is 4.35. The molecule has 110 valence electrons. The molecular formula is C15H18F3NO. The zero-order valence-electron chi connectivity index (χ0n) is 11.4. The van der Waals surface area contributed by atoms with E-state index >= 15 is 0 Å². The van der Waals surface area contributed by atoms with Gasteiger partial charge in [0.2, 0.25) is 0 Å². The van der Waals surface area contributed by atoms with Gasteiger partial charge in [-0.15, -0.1) is 0 Å². The van der Waals surface area contributed by atoms with Crippen molar-refractivity contribution in [1.82, 2.24) is 0 Å². The quantitative estimate of drug-likeness (QED) is 0.758. The van der Waals surface area contributed by atoms with Crippen molar-refractivity contribution < 1.29 is 18.0 Å². The molecule has 1 aromatic carbocycles. The molecule has 0 spiro atoms. The Hall–Kier alpha value is -1.52. The predicted octanol–water partition coefficient (Wildman–Crippen LogP) is 4.14. The average Bonchev–Trinajstić information content (AvgIpc) is 2.36. The largest absolute Gasteiger partial charge is 0.418 e. The molecule has 1 aliphatic carbocycles. The minimum Gasteiger partial charge on any atom is -0.371 e. The molecule has 0 aliphatic heterocycles. The van der Waals surface area contributed by atoms with Crippen LogP contribution in [0, 0.1) is 5.92 Å². The van der Waals surface area contributed by atoms with Gasteiger partial charge in [-0.1, -0.05) is 6.42 Å². The molecule has 1 saturated carbocycles. The zero-order chi connectivity index (χ0) is 14.8. The van der Waals surface area contributed by atoms with E-state index in [-0.39, 0.29) is 11.3 Å². The second kappa shape index (κ2) is 5.85. The highest BCUT2D eigenvalue weighted by Crippen LogP contribution is 2.38. The molecule has 5 heteroatoms. The number of rotatable bonds is 5. The maximum absolute atomic E-state index is 13.2. The highest BCUT2D eigenvalue weighted by atomic mass is 19.4. The summed E-state index contributed by atoms with van der Waals surface area (Å²) in [5.74, 6) is 0.488. The van der Waals surface area contributed by atoms with Crippen LogP contribution in [0.1, 0.15) is 42.1 Å². The van der Waals surface area contributed by atoms with E-state index in [1.807, 2.05) is 6.92 Å². The summed E-state index contributed by atoms with van der Waals surface area (Å²) in [6.07, 6.45) is -0.657. The van der Waals surface area contributed by atoms with Crippen LogP contribution in [0.4, 0.5) is 18.9 Å². The molecule has 1 aromatic rings. The minimum atomic E-state index is -4.44. The monoisotopic (exact) mass is 285 g/mol. The fourth-order valence-electron chi connectivity index (χ4n) is 2.51. The number of hydrogen-bond acceptors (Lipinski definition) is 2. The molecule has 20 heavy (non-hydrogen) atoms. The van der Waals surface area contributed by atoms with Gasteiger partial charge in [-0.2, -0.15) is 13.2 Å². The first-order chi connectivity index (χ1) is 9.45. The van der Waals surface area contributed by atoms with Crippen LogP contribution in [-0.4, -0.2) is 19.4 Å². The maximum atomic E-state index is 13.2. The van der Waals surface area contributed by atoms with Crippen molar-refractivity contribution in [3.8, 4) is 0 Å². The summed E-state index contributed by atoms with van der Waals surface area (Å²) in [5.41, 5.74) is -0.485. The lowest BCUT2D eigenvalue weighted by molar-refractivity contribution is -0.137. The maximum Gasteiger partial charge on any atom is 0.418 e. The molecule has 0 bridgehead atoms. The van der Waals surface area contributed by atoms with Gasteiger partial charge in [0.25, 0.3) is 0 Å². The lowest BCUT2D eigenvalue weighted by Gasteiger charge is -2.34. The number of hydrogen-bond donors (Lipinski definition) is 0. The molecule has 0 N–H and O–H groups in total. The topological polar surface area (TPSA) is 20.3 Å². The molecule has 1 aliphatic rings. The number of alkyl halides is 3. The summed E-state index contributed by atoms with van der Waals surface area (Å²) in [7, 11) is 0. The lowest BCUT2D eigenvalue weighted by Crippen LogP contribution is -2.33. The molecule has 0 amide bonds. The van der Waals surface area contributed by atoms with Crippen molar-refractivity contribution in [2.45, 2.75) is 32.4 Å². The number of nitrogens with zero attached hydrogens (tertiary/aromatic N) is 1. The van der Waals surface area contributed by atoms with Crippen LogP contribution < -0.4 is 4.90 Å². The van der Waals surface area contributed by atoms with Crippen molar-refractivity contribution in [3.05, 3.63) is 29.3 Å². The number of halogens is 3. The molecule has 2 rings (SSSR count).